The fraction of sp³-hybridized carbons (Fsp3) is 0.562. The average Bonchev–Trinajstić information content (AvgIpc) is 2.91. The summed E-state index contributed by atoms with van der Waals surface area (Å²) in [6.07, 6.45) is 4.71. The Bertz CT molecular complexity index is 527. The summed E-state index contributed by atoms with van der Waals surface area (Å²) in [6, 6.07) is 4.51. The van der Waals surface area contributed by atoms with Gasteiger partial charge < -0.3 is 14.4 Å². The number of fused-ring (bicyclic) bond motifs is 1. The first-order valence-electron chi connectivity index (χ1n) is 7.26. The topological polar surface area (TPSA) is 38.8 Å². The first-order valence-corrected chi connectivity index (χ1v) is 7.26. The summed E-state index contributed by atoms with van der Waals surface area (Å²) >= 11 is 0. The number of amides is 1. The van der Waals surface area contributed by atoms with Crippen molar-refractivity contribution in [3.8, 4) is 11.5 Å². The van der Waals surface area contributed by atoms with Gasteiger partial charge in [-0.25, -0.2) is 0 Å². The van der Waals surface area contributed by atoms with Crippen LogP contribution in [-0.4, -0.2) is 37.6 Å². The molecular formula is C16H21NO3. The van der Waals surface area contributed by atoms with E-state index in [4.69, 9.17) is 9.47 Å². The van der Waals surface area contributed by atoms with Gasteiger partial charge in [0.25, 0.3) is 0 Å². The zero-order chi connectivity index (χ0) is 14.1. The molecule has 0 spiro atoms. The maximum Gasteiger partial charge on any atom is 0.222 e. The summed E-state index contributed by atoms with van der Waals surface area (Å²) < 4.78 is 10.7. The minimum atomic E-state index is 0.318. The Kier molecular flexibility index (Phi) is 3.55. The molecule has 0 saturated carbocycles. The van der Waals surface area contributed by atoms with Crippen LogP contribution in [0.25, 0.3) is 0 Å². The summed E-state index contributed by atoms with van der Waals surface area (Å²) in [5, 5.41) is 0. The molecule has 1 aliphatic carbocycles. The highest BCUT2D eigenvalue weighted by atomic mass is 16.5. The maximum atomic E-state index is 11.9. The third-order valence-corrected chi connectivity index (χ3v) is 4.46. The second-order valence-corrected chi connectivity index (χ2v) is 5.56. The number of ether oxygens (including phenoxy) is 2. The number of rotatable bonds is 3. The van der Waals surface area contributed by atoms with E-state index in [0.717, 1.165) is 50.1 Å². The smallest absolute Gasteiger partial charge is 0.222 e. The van der Waals surface area contributed by atoms with Crippen molar-refractivity contribution in [2.24, 2.45) is 0 Å². The van der Waals surface area contributed by atoms with Crippen molar-refractivity contribution < 1.29 is 14.3 Å². The molecule has 0 radical (unpaired) electrons. The lowest BCUT2D eigenvalue weighted by Crippen LogP contribution is -2.40. The fourth-order valence-electron chi connectivity index (χ4n) is 3.39. The fourth-order valence-corrected chi connectivity index (χ4v) is 3.39. The van der Waals surface area contributed by atoms with E-state index in [2.05, 4.69) is 17.0 Å². The Balaban J connectivity index is 1.85. The number of carbonyl (C=O) groups excluding carboxylic acids is 1. The maximum absolute atomic E-state index is 11.9. The van der Waals surface area contributed by atoms with Gasteiger partial charge in [-0.2, -0.15) is 0 Å². The first kappa shape index (κ1) is 13.3. The molecule has 1 unspecified atom stereocenters. The quantitative estimate of drug-likeness (QED) is 0.848. The van der Waals surface area contributed by atoms with E-state index in [9.17, 15) is 4.79 Å². The van der Waals surface area contributed by atoms with Crippen LogP contribution in [0.4, 0.5) is 0 Å². The highest BCUT2D eigenvalue weighted by Gasteiger charge is 2.31. The Morgan fingerprint density at radius 1 is 1.10 bits per heavy atom. The van der Waals surface area contributed by atoms with E-state index in [-0.39, 0.29) is 0 Å². The number of carbonyl (C=O) groups is 1. The summed E-state index contributed by atoms with van der Waals surface area (Å²) in [6.45, 7) is 0.923. The van der Waals surface area contributed by atoms with Crippen molar-refractivity contribution in [2.45, 2.75) is 38.1 Å². The number of methoxy groups -OCH3 is 2. The zero-order valence-corrected chi connectivity index (χ0v) is 12.1. The van der Waals surface area contributed by atoms with Gasteiger partial charge in [0.15, 0.2) is 11.5 Å². The predicted octanol–water partition coefficient (Wildman–Crippen LogP) is 2.18. The lowest BCUT2D eigenvalue weighted by atomic mass is 9.87. The molecule has 20 heavy (non-hydrogen) atoms. The second-order valence-electron chi connectivity index (χ2n) is 5.56. The van der Waals surface area contributed by atoms with E-state index in [0.29, 0.717) is 11.9 Å². The van der Waals surface area contributed by atoms with Gasteiger partial charge in [0, 0.05) is 19.0 Å². The summed E-state index contributed by atoms with van der Waals surface area (Å²) in [4.78, 5) is 14.0. The summed E-state index contributed by atoms with van der Waals surface area (Å²) in [5.74, 6) is 1.89. The van der Waals surface area contributed by atoms with Crippen molar-refractivity contribution in [1.82, 2.24) is 4.90 Å². The number of likely N-dealkylation sites (tertiary alicyclic amines) is 1. The Hall–Kier alpha value is -1.71. The normalized spacial score (nSPS) is 21.8. The standard InChI is InChI=1S/C16H21NO3/c1-19-14-9-11-5-6-13(17-7-3-4-16(17)18)8-12(11)10-15(14)20-2/h9-10,13H,3-8H2,1-2H3. The van der Waals surface area contributed by atoms with Gasteiger partial charge in [-0.15, -0.1) is 0 Å². The lowest BCUT2D eigenvalue weighted by molar-refractivity contribution is -0.129. The third-order valence-electron chi connectivity index (χ3n) is 4.46. The van der Waals surface area contributed by atoms with Crippen molar-refractivity contribution in [1.29, 1.82) is 0 Å². The van der Waals surface area contributed by atoms with Crippen LogP contribution in [0.15, 0.2) is 12.1 Å². The molecule has 1 aromatic rings. The number of aryl methyl sites for hydroxylation is 1. The van der Waals surface area contributed by atoms with Crippen molar-refractivity contribution >= 4 is 5.91 Å². The molecule has 1 aliphatic heterocycles. The Morgan fingerprint density at radius 2 is 1.80 bits per heavy atom. The number of nitrogens with zero attached hydrogens (tertiary/aromatic N) is 1. The highest BCUT2D eigenvalue weighted by Crippen LogP contribution is 2.35. The molecule has 1 fully saturated rings. The van der Waals surface area contributed by atoms with Gasteiger partial charge in [-0.3, -0.25) is 4.79 Å². The number of hydrogen-bond acceptors (Lipinski definition) is 3. The van der Waals surface area contributed by atoms with Crippen molar-refractivity contribution in [3.05, 3.63) is 23.3 Å². The number of benzene rings is 1. The van der Waals surface area contributed by atoms with Gasteiger partial charge in [0.2, 0.25) is 5.91 Å². The molecule has 108 valence electrons. The Labute approximate surface area is 119 Å². The van der Waals surface area contributed by atoms with E-state index >= 15 is 0 Å². The van der Waals surface area contributed by atoms with E-state index in [1.165, 1.54) is 11.1 Å². The minimum Gasteiger partial charge on any atom is -0.493 e. The van der Waals surface area contributed by atoms with Crippen LogP contribution < -0.4 is 9.47 Å². The summed E-state index contributed by atoms with van der Waals surface area (Å²) in [5.41, 5.74) is 2.61. The molecule has 4 nitrogen and oxygen atoms in total. The molecule has 0 N–H and O–H groups in total. The summed E-state index contributed by atoms with van der Waals surface area (Å²) in [7, 11) is 3.33. The monoisotopic (exact) mass is 275 g/mol. The molecule has 1 amide bonds. The van der Waals surface area contributed by atoms with Gasteiger partial charge in [0.05, 0.1) is 14.2 Å². The lowest BCUT2D eigenvalue weighted by Gasteiger charge is -2.32. The van der Waals surface area contributed by atoms with E-state index in [1.807, 2.05) is 0 Å². The number of hydrogen-bond donors (Lipinski definition) is 0. The average molecular weight is 275 g/mol. The SMILES string of the molecule is COc1cc2c(cc1OC)CC(N1CCCC1=O)CC2. The molecule has 4 heteroatoms. The van der Waals surface area contributed by atoms with Crippen LogP contribution in [0.1, 0.15) is 30.4 Å². The van der Waals surface area contributed by atoms with Crippen LogP contribution in [0.3, 0.4) is 0 Å². The third kappa shape index (κ3) is 2.23. The molecule has 1 heterocycles. The highest BCUT2D eigenvalue weighted by molar-refractivity contribution is 5.78. The van der Waals surface area contributed by atoms with Crippen LogP contribution in [0.5, 0.6) is 11.5 Å². The van der Waals surface area contributed by atoms with Gasteiger partial charge >= 0.3 is 0 Å². The minimum absolute atomic E-state index is 0.318. The van der Waals surface area contributed by atoms with Crippen LogP contribution >= 0.6 is 0 Å². The zero-order valence-electron chi connectivity index (χ0n) is 12.1. The molecular weight excluding hydrogens is 254 g/mol. The molecule has 0 bridgehead atoms. The molecule has 1 saturated heterocycles. The molecule has 2 aliphatic rings. The molecule has 3 rings (SSSR count). The Morgan fingerprint density at radius 3 is 2.40 bits per heavy atom. The van der Waals surface area contributed by atoms with Gasteiger partial charge in [0.1, 0.15) is 0 Å². The predicted molar refractivity (Wildman–Crippen MR) is 76.3 cm³/mol. The second kappa shape index (κ2) is 5.35. The van der Waals surface area contributed by atoms with Gasteiger partial charge in [-0.1, -0.05) is 0 Å². The first-order chi connectivity index (χ1) is 9.72. The molecule has 1 atom stereocenters. The van der Waals surface area contributed by atoms with Crippen LogP contribution in [-0.2, 0) is 17.6 Å². The van der Waals surface area contributed by atoms with Crippen molar-refractivity contribution in [3.63, 3.8) is 0 Å². The van der Waals surface area contributed by atoms with Crippen molar-refractivity contribution in [2.75, 3.05) is 20.8 Å². The molecule has 1 aromatic carbocycles. The molecule has 0 aromatic heterocycles. The van der Waals surface area contributed by atoms with Crippen LogP contribution in [0, 0.1) is 0 Å². The van der Waals surface area contributed by atoms with E-state index < -0.39 is 0 Å². The van der Waals surface area contributed by atoms with Gasteiger partial charge in [-0.05, 0) is 48.9 Å². The van der Waals surface area contributed by atoms with E-state index in [1.54, 1.807) is 14.2 Å². The van der Waals surface area contributed by atoms with Crippen LogP contribution in [0.2, 0.25) is 0 Å². The largest absolute Gasteiger partial charge is 0.493 e.